The first-order valence-corrected chi connectivity index (χ1v) is 9.76. The van der Waals surface area contributed by atoms with Gasteiger partial charge in [0.2, 0.25) is 5.91 Å². The molecule has 2 fully saturated rings. The summed E-state index contributed by atoms with van der Waals surface area (Å²) < 4.78 is 13.3. The molecule has 1 spiro atoms. The molecule has 3 heterocycles. The van der Waals surface area contributed by atoms with Crippen molar-refractivity contribution in [2.24, 2.45) is 0 Å². The number of anilines is 2. The molecule has 0 saturated carbocycles. The lowest BCUT2D eigenvalue weighted by atomic mass is 9.93. The third-order valence-corrected chi connectivity index (χ3v) is 6.12. The summed E-state index contributed by atoms with van der Waals surface area (Å²) in [6.07, 6.45) is 0.786. The molecule has 0 aliphatic carbocycles. The standard InChI is InChI=1S/C19H21FN4O2S/c1-22-10-17(25)24(16-5-8-27-11-16)13-19(22)6-7-23(12-19)18(26)21-15-4-2-3-14(20)9-15/h2-5,8-9,11H,6-7,10,12-13H2,1H3,(H,21,26)/t19-/m1/s1. The Bertz CT molecular complexity index is 859. The van der Waals surface area contributed by atoms with Gasteiger partial charge in [-0.3, -0.25) is 9.69 Å². The maximum atomic E-state index is 13.3. The fraction of sp³-hybridized carbons (Fsp3) is 0.368. The number of amides is 3. The van der Waals surface area contributed by atoms with Crippen LogP contribution < -0.4 is 10.2 Å². The molecule has 2 saturated heterocycles. The number of nitrogens with one attached hydrogen (secondary N) is 1. The largest absolute Gasteiger partial charge is 0.323 e. The molecule has 8 heteroatoms. The van der Waals surface area contributed by atoms with Crippen LogP contribution in [0.25, 0.3) is 0 Å². The Hall–Kier alpha value is -2.45. The van der Waals surface area contributed by atoms with Gasteiger partial charge in [0, 0.05) is 30.7 Å². The van der Waals surface area contributed by atoms with E-state index in [4.69, 9.17) is 0 Å². The Balaban J connectivity index is 1.48. The molecule has 4 rings (SSSR count). The number of piperazine rings is 1. The predicted molar refractivity (Wildman–Crippen MR) is 104 cm³/mol. The highest BCUT2D eigenvalue weighted by Crippen LogP contribution is 2.34. The summed E-state index contributed by atoms with van der Waals surface area (Å²) in [7, 11) is 1.94. The van der Waals surface area contributed by atoms with Gasteiger partial charge in [0.1, 0.15) is 5.82 Å². The second-order valence-electron chi connectivity index (χ2n) is 7.15. The van der Waals surface area contributed by atoms with Gasteiger partial charge in [-0.1, -0.05) is 6.07 Å². The van der Waals surface area contributed by atoms with E-state index in [1.807, 2.05) is 28.8 Å². The molecular weight excluding hydrogens is 367 g/mol. The Kier molecular flexibility index (Phi) is 4.61. The van der Waals surface area contributed by atoms with E-state index in [2.05, 4.69) is 10.2 Å². The lowest BCUT2D eigenvalue weighted by Crippen LogP contribution is -2.64. The third kappa shape index (κ3) is 3.42. The SMILES string of the molecule is CN1CC(=O)N(c2ccsc2)C[C@]12CCN(C(=O)Nc1cccc(F)c1)C2. The van der Waals surface area contributed by atoms with Crippen molar-refractivity contribution >= 4 is 34.6 Å². The molecule has 2 aliphatic rings. The van der Waals surface area contributed by atoms with Gasteiger partial charge in [-0.05, 0) is 43.1 Å². The van der Waals surface area contributed by atoms with Gasteiger partial charge in [-0.2, -0.15) is 11.3 Å². The number of likely N-dealkylation sites (N-methyl/N-ethyl adjacent to an activating group) is 1. The number of urea groups is 1. The molecule has 2 aromatic rings. The minimum atomic E-state index is -0.386. The Morgan fingerprint density at radius 1 is 1.30 bits per heavy atom. The summed E-state index contributed by atoms with van der Waals surface area (Å²) in [5.74, 6) is -0.313. The number of hydrogen-bond acceptors (Lipinski definition) is 4. The maximum Gasteiger partial charge on any atom is 0.321 e. The highest BCUT2D eigenvalue weighted by Gasteiger charge is 2.48. The summed E-state index contributed by atoms with van der Waals surface area (Å²) in [4.78, 5) is 30.7. The van der Waals surface area contributed by atoms with Gasteiger partial charge in [0.15, 0.2) is 0 Å². The number of nitrogens with zero attached hydrogens (tertiary/aromatic N) is 3. The number of benzene rings is 1. The second-order valence-corrected chi connectivity index (χ2v) is 7.93. The zero-order chi connectivity index (χ0) is 19.0. The number of carbonyl (C=O) groups excluding carboxylic acids is 2. The predicted octanol–water partition coefficient (Wildman–Crippen LogP) is 2.84. The van der Waals surface area contributed by atoms with E-state index < -0.39 is 0 Å². The molecule has 6 nitrogen and oxygen atoms in total. The van der Waals surface area contributed by atoms with Crippen LogP contribution in [0.2, 0.25) is 0 Å². The summed E-state index contributed by atoms with van der Waals surface area (Å²) in [6, 6.07) is 7.57. The van der Waals surface area contributed by atoms with E-state index in [-0.39, 0.29) is 23.3 Å². The van der Waals surface area contributed by atoms with E-state index in [0.29, 0.717) is 31.9 Å². The van der Waals surface area contributed by atoms with E-state index in [1.54, 1.807) is 28.4 Å². The molecular formula is C19H21FN4O2S. The van der Waals surface area contributed by atoms with Gasteiger partial charge in [0.25, 0.3) is 0 Å². The van der Waals surface area contributed by atoms with Crippen LogP contribution in [0, 0.1) is 5.82 Å². The van der Waals surface area contributed by atoms with Gasteiger partial charge in [-0.25, -0.2) is 9.18 Å². The van der Waals surface area contributed by atoms with E-state index >= 15 is 0 Å². The first-order valence-electron chi connectivity index (χ1n) is 8.82. The number of hydrogen-bond donors (Lipinski definition) is 1. The second kappa shape index (κ2) is 6.94. The van der Waals surface area contributed by atoms with Gasteiger partial charge in [0.05, 0.1) is 17.8 Å². The average Bonchev–Trinajstić information content (AvgIpc) is 3.29. The van der Waals surface area contributed by atoms with Crippen LogP contribution in [0.4, 0.5) is 20.6 Å². The van der Waals surface area contributed by atoms with Crippen LogP contribution in [0.3, 0.4) is 0 Å². The molecule has 1 aromatic heterocycles. The quantitative estimate of drug-likeness (QED) is 0.861. The summed E-state index contributed by atoms with van der Waals surface area (Å²) in [5.41, 5.74) is 1.09. The molecule has 1 aromatic carbocycles. The van der Waals surface area contributed by atoms with Crippen LogP contribution in [-0.4, -0.2) is 60.5 Å². The smallest absolute Gasteiger partial charge is 0.321 e. The Morgan fingerprint density at radius 3 is 2.89 bits per heavy atom. The molecule has 3 amide bonds. The highest BCUT2D eigenvalue weighted by molar-refractivity contribution is 7.08. The normalized spacial score (nSPS) is 23.3. The van der Waals surface area contributed by atoms with E-state index in [0.717, 1.165) is 12.1 Å². The van der Waals surface area contributed by atoms with E-state index in [9.17, 15) is 14.0 Å². The van der Waals surface area contributed by atoms with Crippen molar-refractivity contribution in [3.63, 3.8) is 0 Å². The topological polar surface area (TPSA) is 55.9 Å². The number of thiophene rings is 1. The van der Waals surface area contributed by atoms with Crippen molar-refractivity contribution in [3.8, 4) is 0 Å². The lowest BCUT2D eigenvalue weighted by Gasteiger charge is -2.46. The van der Waals surface area contributed by atoms with Gasteiger partial charge >= 0.3 is 6.03 Å². The summed E-state index contributed by atoms with van der Waals surface area (Å²) in [5, 5.41) is 6.69. The van der Waals surface area contributed by atoms with Crippen LogP contribution >= 0.6 is 11.3 Å². The lowest BCUT2D eigenvalue weighted by molar-refractivity contribution is -0.123. The number of likely N-dealkylation sites (tertiary alicyclic amines) is 1. The Morgan fingerprint density at radius 2 is 2.15 bits per heavy atom. The fourth-order valence-corrected chi connectivity index (χ4v) is 4.49. The first-order chi connectivity index (χ1) is 13.0. The Labute approximate surface area is 161 Å². The molecule has 0 radical (unpaired) electrons. The number of carbonyl (C=O) groups is 2. The van der Waals surface area contributed by atoms with E-state index in [1.165, 1.54) is 12.1 Å². The van der Waals surface area contributed by atoms with Crippen molar-refractivity contribution in [2.75, 3.05) is 43.4 Å². The fourth-order valence-electron chi connectivity index (χ4n) is 3.84. The molecule has 0 unspecified atom stereocenters. The summed E-state index contributed by atoms with van der Waals surface area (Å²) in [6.45, 7) is 2.01. The van der Waals surface area contributed by atoms with Crippen molar-refractivity contribution in [1.29, 1.82) is 0 Å². The van der Waals surface area contributed by atoms with Crippen molar-refractivity contribution in [1.82, 2.24) is 9.80 Å². The molecule has 2 aliphatic heterocycles. The van der Waals surface area contributed by atoms with Crippen LogP contribution in [0.5, 0.6) is 0 Å². The van der Waals surface area contributed by atoms with Crippen molar-refractivity contribution < 1.29 is 14.0 Å². The van der Waals surface area contributed by atoms with Crippen molar-refractivity contribution in [2.45, 2.75) is 12.0 Å². The minimum absolute atomic E-state index is 0.0733. The molecule has 1 atom stereocenters. The van der Waals surface area contributed by atoms with Gasteiger partial charge in [-0.15, -0.1) is 0 Å². The highest BCUT2D eigenvalue weighted by atomic mass is 32.1. The molecule has 1 N–H and O–H groups in total. The minimum Gasteiger partial charge on any atom is -0.323 e. The van der Waals surface area contributed by atoms with Crippen LogP contribution in [0.15, 0.2) is 41.1 Å². The number of rotatable bonds is 2. The van der Waals surface area contributed by atoms with Crippen molar-refractivity contribution in [3.05, 3.63) is 46.9 Å². The average molecular weight is 388 g/mol. The maximum absolute atomic E-state index is 13.3. The van der Waals surface area contributed by atoms with Gasteiger partial charge < -0.3 is 15.1 Å². The third-order valence-electron chi connectivity index (χ3n) is 5.45. The zero-order valence-electron chi connectivity index (χ0n) is 15.0. The molecule has 0 bridgehead atoms. The summed E-state index contributed by atoms with van der Waals surface area (Å²) >= 11 is 1.56. The van der Waals surface area contributed by atoms with Crippen LogP contribution in [-0.2, 0) is 4.79 Å². The molecule has 142 valence electrons. The zero-order valence-corrected chi connectivity index (χ0v) is 15.8. The van der Waals surface area contributed by atoms with Crippen LogP contribution in [0.1, 0.15) is 6.42 Å². The number of halogens is 1. The molecule has 27 heavy (non-hydrogen) atoms. The first kappa shape index (κ1) is 17.9. The monoisotopic (exact) mass is 388 g/mol.